The second-order valence-corrected chi connectivity index (χ2v) is 7.78. The molecule has 26 heavy (non-hydrogen) atoms. The number of benzene rings is 2. The molecule has 2 aromatic rings. The number of hydrogen-bond acceptors (Lipinski definition) is 7. The van der Waals surface area contributed by atoms with E-state index in [9.17, 15) is 13.2 Å². The van der Waals surface area contributed by atoms with Crippen LogP contribution in [0.5, 0.6) is 11.5 Å². The summed E-state index contributed by atoms with van der Waals surface area (Å²) in [5, 5.41) is 9.86. The summed E-state index contributed by atoms with van der Waals surface area (Å²) in [7, 11) is -2.51. The fraction of sp³-hybridized carbons (Fsp3) is 0.0588. The van der Waals surface area contributed by atoms with Crippen LogP contribution in [0, 0.1) is 5.41 Å². The Bertz CT molecular complexity index is 998. The summed E-state index contributed by atoms with van der Waals surface area (Å²) in [6.07, 6.45) is 1.56. The number of hydrogen-bond donors (Lipinski definition) is 2. The quantitative estimate of drug-likeness (QED) is 0.600. The van der Waals surface area contributed by atoms with Gasteiger partial charge in [-0.25, -0.2) is 0 Å². The molecule has 1 fully saturated rings. The van der Waals surface area contributed by atoms with E-state index in [-0.39, 0.29) is 21.7 Å². The Kier molecular flexibility index (Phi) is 5.01. The largest absolute Gasteiger partial charge is 0.497 e. The molecule has 0 saturated carbocycles. The van der Waals surface area contributed by atoms with Gasteiger partial charge < -0.3 is 14.2 Å². The van der Waals surface area contributed by atoms with Gasteiger partial charge in [0.15, 0.2) is 5.17 Å². The van der Waals surface area contributed by atoms with Gasteiger partial charge >= 0.3 is 10.1 Å². The standard InChI is InChI=1S/C17H14N2O5S2/c1-23-12-5-7-14(8-6-12)26(21,22)24-13-4-2-3-11(9-13)10-15-16(20)19-17(18)25-15/h2-10H,1H3,(H2,18,19,20). The lowest BCUT2D eigenvalue weighted by molar-refractivity contribution is -0.115. The van der Waals surface area contributed by atoms with E-state index in [1.165, 1.54) is 43.5 Å². The van der Waals surface area contributed by atoms with Gasteiger partial charge in [-0.15, -0.1) is 0 Å². The predicted molar refractivity (Wildman–Crippen MR) is 98.7 cm³/mol. The van der Waals surface area contributed by atoms with E-state index in [2.05, 4.69) is 5.32 Å². The molecule has 0 bridgehead atoms. The normalized spacial score (nSPS) is 15.8. The summed E-state index contributed by atoms with van der Waals surface area (Å²) in [5.41, 5.74) is 0.583. The summed E-state index contributed by atoms with van der Waals surface area (Å²) in [6.45, 7) is 0. The Morgan fingerprint density at radius 3 is 2.46 bits per heavy atom. The summed E-state index contributed by atoms with van der Waals surface area (Å²) in [5.74, 6) is 0.293. The van der Waals surface area contributed by atoms with Crippen molar-refractivity contribution in [1.82, 2.24) is 5.32 Å². The lowest BCUT2D eigenvalue weighted by Gasteiger charge is -2.08. The Hall–Kier alpha value is -2.78. The highest BCUT2D eigenvalue weighted by atomic mass is 32.2. The van der Waals surface area contributed by atoms with Gasteiger partial charge in [0.05, 0.1) is 12.0 Å². The van der Waals surface area contributed by atoms with E-state index < -0.39 is 10.1 Å². The lowest BCUT2D eigenvalue weighted by atomic mass is 10.2. The topological polar surface area (TPSA) is 106 Å². The van der Waals surface area contributed by atoms with Crippen LogP contribution in [0.2, 0.25) is 0 Å². The van der Waals surface area contributed by atoms with Gasteiger partial charge in [-0.3, -0.25) is 10.2 Å². The van der Waals surface area contributed by atoms with Gasteiger partial charge in [-0.1, -0.05) is 12.1 Å². The zero-order valence-electron chi connectivity index (χ0n) is 13.6. The zero-order valence-corrected chi connectivity index (χ0v) is 15.2. The summed E-state index contributed by atoms with van der Waals surface area (Å²) in [6, 6.07) is 12.2. The molecule has 0 unspecified atom stereocenters. The van der Waals surface area contributed by atoms with E-state index in [0.717, 1.165) is 11.8 Å². The van der Waals surface area contributed by atoms with Crippen LogP contribution < -0.4 is 14.2 Å². The first kappa shape index (κ1) is 18.0. The highest BCUT2D eigenvalue weighted by Crippen LogP contribution is 2.27. The number of thioether (sulfide) groups is 1. The number of ether oxygens (including phenoxy) is 1. The van der Waals surface area contributed by atoms with Crippen molar-refractivity contribution in [2.75, 3.05) is 7.11 Å². The highest BCUT2D eigenvalue weighted by Gasteiger charge is 2.22. The number of amides is 1. The number of carbonyl (C=O) groups excluding carboxylic acids is 1. The van der Waals surface area contributed by atoms with E-state index in [0.29, 0.717) is 16.2 Å². The number of amidine groups is 1. The molecule has 0 radical (unpaired) electrons. The van der Waals surface area contributed by atoms with Crippen LogP contribution in [-0.2, 0) is 14.9 Å². The first-order valence-corrected chi connectivity index (χ1v) is 9.58. The van der Waals surface area contributed by atoms with E-state index in [1.54, 1.807) is 18.2 Å². The van der Waals surface area contributed by atoms with Crippen molar-refractivity contribution in [3.63, 3.8) is 0 Å². The monoisotopic (exact) mass is 390 g/mol. The molecule has 7 nitrogen and oxygen atoms in total. The van der Waals surface area contributed by atoms with Gasteiger partial charge in [0.1, 0.15) is 16.4 Å². The van der Waals surface area contributed by atoms with Crippen molar-refractivity contribution < 1.29 is 22.1 Å². The third-order valence-corrected chi connectivity index (χ3v) is 5.46. The van der Waals surface area contributed by atoms with E-state index in [1.807, 2.05) is 0 Å². The van der Waals surface area contributed by atoms with Crippen molar-refractivity contribution in [3.05, 3.63) is 59.0 Å². The molecule has 2 N–H and O–H groups in total. The van der Waals surface area contributed by atoms with Crippen molar-refractivity contribution in [2.24, 2.45) is 0 Å². The molecule has 1 amide bonds. The maximum atomic E-state index is 12.4. The predicted octanol–water partition coefficient (Wildman–Crippen LogP) is 2.60. The molecule has 0 spiro atoms. The van der Waals surface area contributed by atoms with Crippen molar-refractivity contribution in [2.45, 2.75) is 4.90 Å². The summed E-state index contributed by atoms with van der Waals surface area (Å²) in [4.78, 5) is 12.0. The molecule has 134 valence electrons. The maximum absolute atomic E-state index is 12.4. The third kappa shape index (κ3) is 4.06. The van der Waals surface area contributed by atoms with Gasteiger partial charge in [0.2, 0.25) is 0 Å². The number of rotatable bonds is 5. The van der Waals surface area contributed by atoms with Gasteiger partial charge in [-0.2, -0.15) is 8.42 Å². The molecule has 0 aliphatic carbocycles. The smallest absolute Gasteiger partial charge is 0.339 e. The third-order valence-electron chi connectivity index (χ3n) is 3.37. The van der Waals surface area contributed by atoms with Crippen LogP contribution in [0.3, 0.4) is 0 Å². The minimum Gasteiger partial charge on any atom is -0.497 e. The van der Waals surface area contributed by atoms with Crippen LogP contribution in [0.4, 0.5) is 0 Å². The fourth-order valence-electron chi connectivity index (χ4n) is 2.17. The Labute approximate surface area is 154 Å². The van der Waals surface area contributed by atoms with Crippen molar-refractivity contribution in [3.8, 4) is 11.5 Å². The average molecular weight is 390 g/mol. The molecule has 0 aromatic heterocycles. The number of carbonyl (C=O) groups is 1. The summed E-state index contributed by atoms with van der Waals surface area (Å²) < 4.78 is 34.9. The molecule has 0 atom stereocenters. The van der Waals surface area contributed by atoms with Crippen LogP contribution in [-0.4, -0.2) is 26.6 Å². The summed E-state index contributed by atoms with van der Waals surface area (Å²) >= 11 is 1.00. The second-order valence-electron chi connectivity index (χ2n) is 5.18. The van der Waals surface area contributed by atoms with Crippen LogP contribution in [0.15, 0.2) is 58.3 Å². The maximum Gasteiger partial charge on any atom is 0.339 e. The average Bonchev–Trinajstić information content (AvgIpc) is 2.92. The van der Waals surface area contributed by atoms with Gasteiger partial charge in [0, 0.05) is 0 Å². The highest BCUT2D eigenvalue weighted by molar-refractivity contribution is 8.18. The molecule has 9 heteroatoms. The first-order chi connectivity index (χ1) is 12.4. The number of nitrogens with one attached hydrogen (secondary N) is 2. The zero-order chi connectivity index (χ0) is 18.7. The molecule has 1 aliphatic heterocycles. The van der Waals surface area contributed by atoms with Crippen LogP contribution >= 0.6 is 11.8 Å². The molecular formula is C17H14N2O5S2. The van der Waals surface area contributed by atoms with E-state index in [4.69, 9.17) is 14.3 Å². The molecule has 1 saturated heterocycles. The second kappa shape index (κ2) is 7.22. The van der Waals surface area contributed by atoms with Gasteiger partial charge in [0.25, 0.3) is 5.91 Å². The fourth-order valence-corrected chi connectivity index (χ4v) is 3.79. The molecular weight excluding hydrogens is 376 g/mol. The minimum absolute atomic E-state index is 0.00114. The van der Waals surface area contributed by atoms with Crippen molar-refractivity contribution >= 4 is 39.0 Å². The first-order valence-electron chi connectivity index (χ1n) is 7.35. The SMILES string of the molecule is COc1ccc(S(=O)(=O)Oc2cccc(C=C3SC(=N)NC3=O)c2)cc1. The van der Waals surface area contributed by atoms with Crippen LogP contribution in [0.25, 0.3) is 6.08 Å². The number of methoxy groups -OCH3 is 1. The molecule has 1 heterocycles. The van der Waals surface area contributed by atoms with Crippen LogP contribution in [0.1, 0.15) is 5.56 Å². The molecule has 3 rings (SSSR count). The lowest BCUT2D eigenvalue weighted by Crippen LogP contribution is -2.18. The minimum atomic E-state index is -4.00. The Morgan fingerprint density at radius 1 is 1.12 bits per heavy atom. The molecule has 1 aliphatic rings. The van der Waals surface area contributed by atoms with Gasteiger partial charge in [-0.05, 0) is 59.8 Å². The van der Waals surface area contributed by atoms with E-state index >= 15 is 0 Å². The Balaban J connectivity index is 1.83. The Morgan fingerprint density at radius 2 is 1.85 bits per heavy atom. The van der Waals surface area contributed by atoms with Crippen molar-refractivity contribution in [1.29, 1.82) is 5.41 Å². The molecule has 2 aromatic carbocycles.